The molecule has 1 heterocycles. The van der Waals surface area contributed by atoms with Crippen LogP contribution in [0, 0.1) is 17.6 Å². The van der Waals surface area contributed by atoms with Gasteiger partial charge in [-0.2, -0.15) is 0 Å². The van der Waals surface area contributed by atoms with E-state index in [-0.39, 0.29) is 36.8 Å². The van der Waals surface area contributed by atoms with Crippen LogP contribution in [-0.2, 0) is 16.0 Å². The SMILES string of the molecule is COc1ccc(Cl)cc1C[C@@H]1CN=C(NOc2cc(F)cc(F)c2)CN(CC(=O)Nc2ccc(O)c(C(=O)O)c2)C1=O. The van der Waals surface area contributed by atoms with Crippen molar-refractivity contribution in [3.05, 3.63) is 82.4 Å². The third-order valence-electron chi connectivity index (χ3n) is 6.18. The molecule has 0 bridgehead atoms. The lowest BCUT2D eigenvalue weighted by atomic mass is 9.97. The summed E-state index contributed by atoms with van der Waals surface area (Å²) in [5.41, 5.74) is 2.80. The highest BCUT2D eigenvalue weighted by Gasteiger charge is 2.31. The number of amides is 2. The Bertz CT molecular complexity index is 1530. The van der Waals surface area contributed by atoms with E-state index in [1.165, 1.54) is 18.1 Å². The van der Waals surface area contributed by atoms with Gasteiger partial charge in [0.15, 0.2) is 11.6 Å². The number of hydroxylamine groups is 1. The van der Waals surface area contributed by atoms with Gasteiger partial charge in [-0.15, -0.1) is 0 Å². The van der Waals surface area contributed by atoms with Crippen molar-refractivity contribution in [2.24, 2.45) is 10.9 Å². The first-order valence-electron chi connectivity index (χ1n) is 12.4. The molecule has 0 aromatic heterocycles. The summed E-state index contributed by atoms with van der Waals surface area (Å²) >= 11 is 6.16. The molecule has 0 fully saturated rings. The Morgan fingerprint density at radius 1 is 1.12 bits per heavy atom. The molecule has 0 radical (unpaired) electrons. The fraction of sp³-hybridized carbons (Fsp3) is 0.214. The van der Waals surface area contributed by atoms with Crippen LogP contribution in [0.4, 0.5) is 14.5 Å². The molecule has 4 N–H and O–H groups in total. The van der Waals surface area contributed by atoms with Crippen LogP contribution in [0.5, 0.6) is 17.2 Å². The molecule has 0 aliphatic carbocycles. The van der Waals surface area contributed by atoms with Gasteiger partial charge < -0.3 is 30.0 Å². The molecule has 220 valence electrons. The molecule has 11 nitrogen and oxygen atoms in total. The Balaban J connectivity index is 1.56. The zero-order chi connectivity index (χ0) is 30.4. The van der Waals surface area contributed by atoms with Gasteiger partial charge in [-0.1, -0.05) is 11.6 Å². The number of phenols is 1. The number of carboxylic acid groups (broad SMARTS) is 1. The minimum Gasteiger partial charge on any atom is -0.507 e. The largest absolute Gasteiger partial charge is 0.507 e. The molecule has 4 rings (SSSR count). The number of halogens is 3. The Morgan fingerprint density at radius 2 is 1.86 bits per heavy atom. The number of aliphatic imine (C=N–C) groups is 1. The molecule has 0 saturated heterocycles. The number of hydrogen-bond donors (Lipinski definition) is 4. The lowest BCUT2D eigenvalue weighted by molar-refractivity contribution is -0.137. The predicted molar refractivity (Wildman–Crippen MR) is 148 cm³/mol. The summed E-state index contributed by atoms with van der Waals surface area (Å²) < 4.78 is 32.6. The molecule has 42 heavy (non-hydrogen) atoms. The number of benzene rings is 3. The molecule has 3 aromatic rings. The highest BCUT2D eigenvalue weighted by molar-refractivity contribution is 6.30. The molecule has 0 unspecified atom stereocenters. The standard InChI is InChI=1S/C28H25ClF2N4O7/c1-41-24-5-2-17(29)7-15(24)6-16-12-32-25(34-42-21-9-18(30)8-19(31)10-21)13-35(27(16)38)14-26(37)33-20-3-4-23(36)22(11-20)28(39)40/h2-5,7-11,16,36H,6,12-14H2,1H3,(H,32,34)(H,33,37)(H,39,40)/t16-/m1/s1. The second-order valence-electron chi connectivity index (χ2n) is 9.23. The highest BCUT2D eigenvalue weighted by atomic mass is 35.5. The average molecular weight is 603 g/mol. The zero-order valence-electron chi connectivity index (χ0n) is 22.1. The smallest absolute Gasteiger partial charge is 0.339 e. The average Bonchev–Trinajstić information content (AvgIpc) is 3.06. The van der Waals surface area contributed by atoms with Crippen LogP contribution in [0.25, 0.3) is 0 Å². The predicted octanol–water partition coefficient (Wildman–Crippen LogP) is 3.65. The number of hydrogen-bond acceptors (Lipinski definition) is 8. The van der Waals surface area contributed by atoms with Crippen LogP contribution in [0.15, 0.2) is 59.6 Å². The summed E-state index contributed by atoms with van der Waals surface area (Å²) in [4.78, 5) is 48.8. The van der Waals surface area contributed by atoms with Gasteiger partial charge in [-0.25, -0.2) is 19.1 Å². The third-order valence-corrected chi connectivity index (χ3v) is 6.42. The van der Waals surface area contributed by atoms with E-state index in [9.17, 15) is 33.4 Å². The van der Waals surface area contributed by atoms with E-state index >= 15 is 0 Å². The molecule has 3 aromatic carbocycles. The van der Waals surface area contributed by atoms with Crippen molar-refractivity contribution < 1.29 is 43.0 Å². The molecule has 2 amide bonds. The van der Waals surface area contributed by atoms with Crippen LogP contribution in [0.2, 0.25) is 5.02 Å². The number of anilines is 1. The monoisotopic (exact) mass is 602 g/mol. The summed E-state index contributed by atoms with van der Waals surface area (Å²) in [6.45, 7) is -0.737. The molecule has 0 spiro atoms. The maximum atomic E-state index is 13.6. The third kappa shape index (κ3) is 7.63. The number of carboxylic acids is 1. The van der Waals surface area contributed by atoms with Crippen molar-refractivity contribution in [1.82, 2.24) is 10.4 Å². The van der Waals surface area contributed by atoms with Crippen LogP contribution in [-0.4, -0.2) is 65.5 Å². The highest BCUT2D eigenvalue weighted by Crippen LogP contribution is 2.27. The van der Waals surface area contributed by atoms with Gasteiger partial charge in [-0.3, -0.25) is 14.6 Å². The molecule has 0 saturated carbocycles. The summed E-state index contributed by atoms with van der Waals surface area (Å²) in [5.74, 6) is -5.05. The first-order valence-corrected chi connectivity index (χ1v) is 12.8. The minimum atomic E-state index is -1.39. The topological polar surface area (TPSA) is 150 Å². The van der Waals surface area contributed by atoms with E-state index in [1.807, 2.05) is 0 Å². The van der Waals surface area contributed by atoms with Crippen molar-refractivity contribution in [3.63, 3.8) is 0 Å². The second-order valence-corrected chi connectivity index (χ2v) is 9.67. The molecule has 1 atom stereocenters. The van der Waals surface area contributed by atoms with Crippen molar-refractivity contribution in [1.29, 1.82) is 0 Å². The van der Waals surface area contributed by atoms with Gasteiger partial charge in [0, 0.05) is 28.9 Å². The van der Waals surface area contributed by atoms with Crippen molar-refractivity contribution in [2.45, 2.75) is 6.42 Å². The minimum absolute atomic E-state index is 0.0320. The number of amidine groups is 1. The number of carbonyl (C=O) groups excluding carboxylic acids is 2. The van der Waals surface area contributed by atoms with E-state index in [0.29, 0.717) is 22.4 Å². The van der Waals surface area contributed by atoms with Gasteiger partial charge in [0.05, 0.1) is 26.1 Å². The first-order chi connectivity index (χ1) is 20.0. The maximum absolute atomic E-state index is 13.6. The number of methoxy groups -OCH3 is 1. The van der Waals surface area contributed by atoms with E-state index in [2.05, 4.69) is 15.8 Å². The Morgan fingerprint density at radius 3 is 2.55 bits per heavy atom. The van der Waals surface area contributed by atoms with Crippen LogP contribution < -0.4 is 20.4 Å². The Kier molecular flexibility index (Phi) is 9.42. The number of aromatic carboxylic acids is 1. The van der Waals surface area contributed by atoms with Gasteiger partial charge in [0.1, 0.15) is 35.2 Å². The number of ether oxygens (including phenoxy) is 1. The van der Waals surface area contributed by atoms with Gasteiger partial charge in [-0.05, 0) is 48.4 Å². The van der Waals surface area contributed by atoms with Crippen molar-refractivity contribution >= 4 is 40.9 Å². The molecular weight excluding hydrogens is 578 g/mol. The molecular formula is C28H25ClF2N4O7. The lowest BCUT2D eigenvalue weighted by Gasteiger charge is -2.24. The van der Waals surface area contributed by atoms with E-state index in [1.54, 1.807) is 18.2 Å². The van der Waals surface area contributed by atoms with Crippen LogP contribution >= 0.6 is 11.6 Å². The number of nitrogens with zero attached hydrogens (tertiary/aromatic N) is 2. The van der Waals surface area contributed by atoms with E-state index in [0.717, 1.165) is 24.3 Å². The fourth-order valence-corrected chi connectivity index (χ4v) is 4.45. The summed E-state index contributed by atoms with van der Waals surface area (Å²) in [5, 5.41) is 21.9. The normalized spacial score (nSPS) is 15.0. The molecule has 14 heteroatoms. The number of carbonyl (C=O) groups is 3. The van der Waals surface area contributed by atoms with Gasteiger partial charge in [0.25, 0.3) is 0 Å². The Labute approximate surface area is 243 Å². The van der Waals surface area contributed by atoms with Gasteiger partial charge >= 0.3 is 5.97 Å². The van der Waals surface area contributed by atoms with E-state index < -0.39 is 53.2 Å². The maximum Gasteiger partial charge on any atom is 0.339 e. The number of nitrogens with one attached hydrogen (secondary N) is 2. The van der Waals surface area contributed by atoms with Gasteiger partial charge in [0.2, 0.25) is 11.8 Å². The number of aromatic hydroxyl groups is 1. The molecule has 1 aliphatic rings. The summed E-state index contributed by atoms with van der Waals surface area (Å²) in [7, 11) is 1.48. The fourth-order valence-electron chi connectivity index (χ4n) is 4.25. The summed E-state index contributed by atoms with van der Waals surface area (Å²) in [6, 6.07) is 11.0. The van der Waals surface area contributed by atoms with Crippen molar-refractivity contribution in [2.75, 3.05) is 32.1 Å². The lowest BCUT2D eigenvalue weighted by Crippen LogP contribution is -2.46. The summed E-state index contributed by atoms with van der Waals surface area (Å²) in [6.07, 6.45) is 0.160. The quantitative estimate of drug-likeness (QED) is 0.214. The van der Waals surface area contributed by atoms with Crippen molar-refractivity contribution in [3.8, 4) is 17.2 Å². The number of rotatable bonds is 9. The zero-order valence-corrected chi connectivity index (χ0v) is 22.8. The Hall–Kier alpha value is -4.91. The second kappa shape index (κ2) is 13.2. The first kappa shape index (κ1) is 30.1. The van der Waals surface area contributed by atoms with E-state index in [4.69, 9.17) is 21.2 Å². The van der Waals surface area contributed by atoms with Crippen LogP contribution in [0.3, 0.4) is 0 Å². The van der Waals surface area contributed by atoms with Crippen LogP contribution in [0.1, 0.15) is 15.9 Å². The molecule has 1 aliphatic heterocycles.